The maximum absolute atomic E-state index is 13.0. The van der Waals surface area contributed by atoms with Crippen LogP contribution in [0.25, 0.3) is 11.0 Å². The van der Waals surface area contributed by atoms with Crippen LogP contribution in [0.5, 0.6) is 5.75 Å². The van der Waals surface area contributed by atoms with Gasteiger partial charge in [-0.3, -0.25) is 4.90 Å². The number of fused-ring (bicyclic) bond motifs is 3. The summed E-state index contributed by atoms with van der Waals surface area (Å²) in [4.78, 5) is 14.5. The van der Waals surface area contributed by atoms with Crippen molar-refractivity contribution in [3.8, 4) is 5.75 Å². The topological polar surface area (TPSA) is 53.7 Å². The summed E-state index contributed by atoms with van der Waals surface area (Å²) in [6, 6.07) is 11.3. The molecule has 5 heteroatoms. The number of rotatable bonds is 2. The van der Waals surface area contributed by atoms with Crippen molar-refractivity contribution in [3.63, 3.8) is 0 Å². The van der Waals surface area contributed by atoms with Crippen LogP contribution in [0.2, 0.25) is 0 Å². The van der Waals surface area contributed by atoms with Gasteiger partial charge in [0.25, 0.3) is 0 Å². The molecule has 4 nitrogen and oxygen atoms in total. The first-order valence-corrected chi connectivity index (χ1v) is 7.84. The van der Waals surface area contributed by atoms with Crippen LogP contribution in [0.15, 0.2) is 51.7 Å². The largest absolute Gasteiger partial charge is 0.508 e. The molecule has 24 heavy (non-hydrogen) atoms. The molecule has 2 aromatic carbocycles. The van der Waals surface area contributed by atoms with Crippen LogP contribution < -0.4 is 5.63 Å². The van der Waals surface area contributed by atoms with Gasteiger partial charge in [-0.1, -0.05) is 12.1 Å². The molecule has 0 radical (unpaired) electrons. The Labute approximate surface area is 137 Å². The molecule has 0 saturated heterocycles. The number of phenolic OH excluding ortho intramolecular Hbond substituents is 1. The minimum absolute atomic E-state index is 0.0827. The van der Waals surface area contributed by atoms with Crippen molar-refractivity contribution < 1.29 is 13.9 Å². The molecular weight excluding hydrogens is 308 g/mol. The first kappa shape index (κ1) is 14.9. The number of aromatic hydroxyl groups is 1. The Morgan fingerprint density at radius 1 is 1.12 bits per heavy atom. The molecule has 0 saturated carbocycles. The first-order valence-electron chi connectivity index (χ1n) is 7.84. The molecule has 1 aliphatic heterocycles. The molecule has 122 valence electrons. The van der Waals surface area contributed by atoms with Crippen molar-refractivity contribution in [1.82, 2.24) is 4.90 Å². The molecule has 0 atom stereocenters. The Kier molecular flexibility index (Phi) is 3.58. The summed E-state index contributed by atoms with van der Waals surface area (Å²) in [5, 5.41) is 10.4. The van der Waals surface area contributed by atoms with Gasteiger partial charge in [0, 0.05) is 31.1 Å². The lowest BCUT2D eigenvalue weighted by Crippen LogP contribution is -2.33. The van der Waals surface area contributed by atoms with Gasteiger partial charge in [-0.15, -0.1) is 0 Å². The van der Waals surface area contributed by atoms with Gasteiger partial charge in [0.2, 0.25) is 0 Å². The lowest BCUT2D eigenvalue weighted by Gasteiger charge is -2.28. The van der Waals surface area contributed by atoms with E-state index in [4.69, 9.17) is 4.42 Å². The molecule has 1 aliphatic rings. The molecule has 2 heterocycles. The Hall–Kier alpha value is -2.66. The number of halogens is 1. The molecule has 0 spiro atoms. The molecule has 0 unspecified atom stereocenters. The van der Waals surface area contributed by atoms with Crippen LogP contribution >= 0.6 is 0 Å². The van der Waals surface area contributed by atoms with Crippen LogP contribution in [0, 0.1) is 5.82 Å². The average molecular weight is 324 g/mol. The summed E-state index contributed by atoms with van der Waals surface area (Å²) in [6.45, 7) is 1.97. The summed E-state index contributed by atoms with van der Waals surface area (Å²) >= 11 is 0. The SMILES string of the molecule is O=c1oc2cc(O)ccc2c2c1CN(Cc1ccc([18F])cc1)CC2. The van der Waals surface area contributed by atoms with Gasteiger partial charge in [0.1, 0.15) is 17.1 Å². The van der Waals surface area contributed by atoms with Crippen molar-refractivity contribution in [1.29, 1.82) is 0 Å². The molecule has 0 aliphatic carbocycles. The molecule has 1 N–H and O–H groups in total. The van der Waals surface area contributed by atoms with Gasteiger partial charge in [-0.25, -0.2) is 9.18 Å². The van der Waals surface area contributed by atoms with Crippen molar-refractivity contribution in [2.24, 2.45) is 0 Å². The quantitative estimate of drug-likeness (QED) is 0.736. The minimum atomic E-state index is -0.355. The molecule has 1 aromatic heterocycles. The van der Waals surface area contributed by atoms with E-state index in [2.05, 4.69) is 4.90 Å². The van der Waals surface area contributed by atoms with Crippen LogP contribution in [0.3, 0.4) is 0 Å². The molecule has 0 amide bonds. The normalized spacial score (nSPS) is 14.7. The van der Waals surface area contributed by atoms with Crippen molar-refractivity contribution in [2.75, 3.05) is 6.54 Å². The maximum atomic E-state index is 13.0. The van der Waals surface area contributed by atoms with Crippen LogP contribution in [0.4, 0.5) is 4.39 Å². The van der Waals surface area contributed by atoms with Crippen molar-refractivity contribution in [3.05, 3.63) is 75.4 Å². The Balaban J connectivity index is 1.66. The smallest absolute Gasteiger partial charge is 0.341 e. The van der Waals surface area contributed by atoms with Gasteiger partial charge in [-0.2, -0.15) is 0 Å². The second-order valence-corrected chi connectivity index (χ2v) is 6.11. The van der Waals surface area contributed by atoms with Crippen molar-refractivity contribution >= 4 is 11.0 Å². The number of phenols is 1. The van der Waals surface area contributed by atoms with E-state index in [9.17, 15) is 14.3 Å². The Bertz CT molecular complexity index is 963. The summed E-state index contributed by atoms with van der Waals surface area (Å²) in [7, 11) is 0. The summed E-state index contributed by atoms with van der Waals surface area (Å²) in [6.07, 6.45) is 0.739. The molecule has 0 fully saturated rings. The van der Waals surface area contributed by atoms with Gasteiger partial charge in [-0.05, 0) is 41.8 Å². The fraction of sp³-hybridized carbons (Fsp3) is 0.211. The number of nitrogens with zero attached hydrogens (tertiary/aromatic N) is 1. The Morgan fingerprint density at radius 2 is 1.92 bits per heavy atom. The zero-order valence-electron chi connectivity index (χ0n) is 13.0. The average Bonchev–Trinajstić information content (AvgIpc) is 2.57. The monoisotopic (exact) mass is 324 g/mol. The third-order valence-corrected chi connectivity index (χ3v) is 4.48. The third-order valence-electron chi connectivity index (χ3n) is 4.48. The van der Waals surface area contributed by atoms with E-state index in [0.717, 1.165) is 29.5 Å². The van der Waals surface area contributed by atoms with Gasteiger partial charge < -0.3 is 9.52 Å². The van der Waals surface area contributed by atoms with E-state index in [0.29, 0.717) is 24.2 Å². The summed E-state index contributed by atoms with van der Waals surface area (Å²) in [5.74, 6) is -0.169. The Morgan fingerprint density at radius 3 is 2.71 bits per heavy atom. The zero-order valence-corrected chi connectivity index (χ0v) is 13.0. The second kappa shape index (κ2) is 5.76. The molecule has 0 bridgehead atoms. The lowest BCUT2D eigenvalue weighted by molar-refractivity contribution is 0.241. The van der Waals surface area contributed by atoms with Crippen LogP contribution in [0.1, 0.15) is 16.7 Å². The maximum Gasteiger partial charge on any atom is 0.341 e. The molecule has 4 rings (SSSR count). The fourth-order valence-electron chi connectivity index (χ4n) is 3.29. The van der Waals surface area contributed by atoms with Gasteiger partial charge >= 0.3 is 5.63 Å². The molecular formula is C19H16FNO3. The van der Waals surface area contributed by atoms with E-state index >= 15 is 0 Å². The highest BCUT2D eigenvalue weighted by Gasteiger charge is 2.22. The number of benzene rings is 2. The first-order chi connectivity index (χ1) is 11.6. The van der Waals surface area contributed by atoms with E-state index < -0.39 is 0 Å². The highest BCUT2D eigenvalue weighted by atomic mass is 18.2. The van der Waals surface area contributed by atoms with E-state index in [1.54, 1.807) is 24.3 Å². The zero-order chi connectivity index (χ0) is 16.7. The fourth-order valence-corrected chi connectivity index (χ4v) is 3.29. The lowest BCUT2D eigenvalue weighted by atomic mass is 9.97. The summed E-state index contributed by atoms with van der Waals surface area (Å²) < 4.78 is 18.4. The van der Waals surface area contributed by atoms with Gasteiger partial charge in [0.05, 0.1) is 5.56 Å². The number of hydrogen-bond acceptors (Lipinski definition) is 4. The van der Waals surface area contributed by atoms with Gasteiger partial charge in [0.15, 0.2) is 0 Å². The van der Waals surface area contributed by atoms with E-state index in [1.807, 2.05) is 0 Å². The number of hydrogen-bond donors (Lipinski definition) is 1. The third kappa shape index (κ3) is 2.67. The minimum Gasteiger partial charge on any atom is -0.508 e. The second-order valence-electron chi connectivity index (χ2n) is 6.11. The van der Waals surface area contributed by atoms with E-state index in [-0.39, 0.29) is 17.2 Å². The van der Waals surface area contributed by atoms with Crippen LogP contribution in [-0.2, 0) is 19.5 Å². The highest BCUT2D eigenvalue weighted by molar-refractivity contribution is 5.82. The molecule has 3 aromatic rings. The van der Waals surface area contributed by atoms with Crippen LogP contribution in [-0.4, -0.2) is 16.6 Å². The van der Waals surface area contributed by atoms with E-state index in [1.165, 1.54) is 18.2 Å². The standard InChI is InChI=1S/C19H16FNO3/c20-13-3-1-12(2-4-13)10-21-8-7-15-16-6-5-14(22)9-18(16)24-19(23)17(15)11-21/h1-6,9,22H,7-8,10-11H2/i20-1. The van der Waals surface area contributed by atoms with Crippen molar-refractivity contribution in [2.45, 2.75) is 19.5 Å². The summed E-state index contributed by atoms with van der Waals surface area (Å²) in [5.41, 5.74) is 2.74. The highest BCUT2D eigenvalue weighted by Crippen LogP contribution is 2.28. The predicted molar refractivity (Wildman–Crippen MR) is 88.4 cm³/mol. The predicted octanol–water partition coefficient (Wildman–Crippen LogP) is 3.20.